The first-order valence-corrected chi connectivity index (χ1v) is 23.8. The highest BCUT2D eigenvalue weighted by Crippen LogP contribution is 2.03. The molecule has 7 aromatic heterocycles. The Morgan fingerprint density at radius 1 is 0.400 bits per heavy atom. The zero-order valence-electron chi connectivity index (χ0n) is 43.0. The molecule has 0 radical (unpaired) electrons. The summed E-state index contributed by atoms with van der Waals surface area (Å²) >= 11 is 0. The Hall–Kier alpha value is -6.62. The van der Waals surface area contributed by atoms with Crippen LogP contribution in [0.3, 0.4) is 0 Å². The molecule has 0 amide bonds. The minimum Gasteiger partial charge on any atom is -1.00 e. The SMILES string of the molecule is CCc1cc(C)c(=O)n(CC)c1.CCc1cc(CC)c(=O)n(CC)c1.CCc1ccc(=O)n(CC)c1.CCn1cc(C)ccc1=O.CCn1ccccc1=O.O=c1cccc[nH]1.O=c1cccc[nH]1.[I-]. The molecule has 0 spiro atoms. The molecule has 7 aromatic rings. The molecule has 70 heavy (non-hydrogen) atoms. The van der Waals surface area contributed by atoms with Gasteiger partial charge in [-0.1, -0.05) is 58.0 Å². The standard InChI is InChI=1S/C11H17NO.C10H15NO.C9H13NO.C8H11NO.C7H9NO.2C5H5NO.HI/c1-4-9-7-10(5-2)11(13)12(6-3)8-9;1-4-9-6-8(3)10(12)11(5-2)7-9;1-3-8-5-6-9(11)10(4-2)7-8;1-3-9-6-7(2)4-5-8(9)10;1-2-8-6-4-3-5-7(8)9;2*7-5-3-1-2-4-6-5;/h7-8H,4-6H2,1-3H3;6-7H,4-5H2,1-3H3;5-7H,3-4H2,1-2H3;4-6H,3H2,1-2H3;3-6H,2H2,1H3;2*1-4H,(H,6,7);1H/p-1. The fraction of sp³-hybridized carbons (Fsp3) is 0.364. The number of aryl methyl sites for hydroxylation is 11. The topological polar surface area (TPSA) is 176 Å². The number of pyridine rings is 7. The monoisotopic (exact) mass is 1070 g/mol. The zero-order valence-corrected chi connectivity index (χ0v) is 45.2. The van der Waals surface area contributed by atoms with Crippen molar-refractivity contribution in [1.29, 1.82) is 0 Å². The maximum absolute atomic E-state index is 11.7. The van der Waals surface area contributed by atoms with Gasteiger partial charge in [0.1, 0.15) is 0 Å². The minimum absolute atomic E-state index is 0. The summed E-state index contributed by atoms with van der Waals surface area (Å²) in [5.41, 5.74) is 7.03. The van der Waals surface area contributed by atoms with E-state index in [-0.39, 0.29) is 62.9 Å². The molecular formula is C55H75IN7O7-. The van der Waals surface area contributed by atoms with Crippen molar-refractivity contribution in [3.63, 3.8) is 0 Å². The lowest BCUT2D eigenvalue weighted by Gasteiger charge is -2.07. The van der Waals surface area contributed by atoms with Crippen molar-refractivity contribution >= 4 is 0 Å². The smallest absolute Gasteiger partial charge is 0.253 e. The van der Waals surface area contributed by atoms with E-state index in [1.807, 2.05) is 111 Å². The molecule has 15 heteroatoms. The first-order valence-electron chi connectivity index (χ1n) is 23.8. The van der Waals surface area contributed by atoms with Gasteiger partial charge in [0.2, 0.25) is 16.7 Å². The Balaban J connectivity index is 0.000000799. The van der Waals surface area contributed by atoms with Crippen LogP contribution in [-0.2, 0) is 58.4 Å². The Kier molecular flexibility index (Phi) is 32.9. The fourth-order valence-corrected chi connectivity index (χ4v) is 6.15. The second-order valence-electron chi connectivity index (χ2n) is 15.3. The summed E-state index contributed by atoms with van der Waals surface area (Å²) in [5.74, 6) is 0. The molecule has 380 valence electrons. The third-order valence-corrected chi connectivity index (χ3v) is 10.3. The van der Waals surface area contributed by atoms with E-state index in [1.165, 1.54) is 28.8 Å². The van der Waals surface area contributed by atoms with Gasteiger partial charge in [0.25, 0.3) is 22.2 Å². The van der Waals surface area contributed by atoms with Crippen molar-refractivity contribution in [2.75, 3.05) is 0 Å². The van der Waals surface area contributed by atoms with E-state index in [0.717, 1.165) is 75.1 Å². The number of halogens is 1. The molecule has 0 fully saturated rings. The molecule has 0 saturated heterocycles. The molecule has 0 bridgehead atoms. The highest BCUT2D eigenvalue weighted by molar-refractivity contribution is 5.20. The second kappa shape index (κ2) is 36.4. The summed E-state index contributed by atoms with van der Waals surface area (Å²) in [5, 5.41) is 0. The number of nitrogens with zero attached hydrogens (tertiary/aromatic N) is 5. The summed E-state index contributed by atoms with van der Waals surface area (Å²) in [6.45, 7) is 25.8. The molecule has 2 N–H and O–H groups in total. The van der Waals surface area contributed by atoms with Gasteiger partial charge in [-0.05, 0) is 127 Å². The minimum atomic E-state index is -0.0532. The van der Waals surface area contributed by atoms with Crippen LogP contribution in [0.5, 0.6) is 0 Å². The molecule has 0 aliphatic carbocycles. The predicted molar refractivity (Wildman–Crippen MR) is 283 cm³/mol. The zero-order chi connectivity index (χ0) is 51.7. The van der Waals surface area contributed by atoms with Crippen molar-refractivity contribution in [2.45, 2.75) is 135 Å². The average molecular weight is 1070 g/mol. The van der Waals surface area contributed by atoms with Crippen LogP contribution in [0.25, 0.3) is 0 Å². The van der Waals surface area contributed by atoms with Gasteiger partial charge in [-0.15, -0.1) is 0 Å². The van der Waals surface area contributed by atoms with E-state index in [2.05, 4.69) is 30.7 Å². The van der Waals surface area contributed by atoms with Gasteiger partial charge in [-0.25, -0.2) is 0 Å². The molecule has 0 aliphatic rings. The number of H-pyrrole nitrogens is 2. The maximum atomic E-state index is 11.7. The van der Waals surface area contributed by atoms with Crippen molar-refractivity contribution < 1.29 is 24.0 Å². The molecule has 0 saturated carbocycles. The van der Waals surface area contributed by atoms with Gasteiger partial charge >= 0.3 is 0 Å². The van der Waals surface area contributed by atoms with Crippen molar-refractivity contribution in [3.8, 4) is 0 Å². The van der Waals surface area contributed by atoms with Gasteiger partial charge in [-0.3, -0.25) is 33.6 Å². The molecule has 0 aliphatic heterocycles. The number of rotatable bonds is 9. The first-order chi connectivity index (χ1) is 33.0. The van der Waals surface area contributed by atoms with Crippen LogP contribution in [0.15, 0.2) is 168 Å². The Labute approximate surface area is 429 Å². The Morgan fingerprint density at radius 2 is 0.829 bits per heavy atom. The summed E-state index contributed by atoms with van der Waals surface area (Å²) in [7, 11) is 0. The van der Waals surface area contributed by atoms with Gasteiger partial charge in [0.05, 0.1) is 0 Å². The lowest BCUT2D eigenvalue weighted by atomic mass is 10.1. The van der Waals surface area contributed by atoms with Crippen LogP contribution < -0.4 is 62.9 Å². The van der Waals surface area contributed by atoms with E-state index in [4.69, 9.17) is 0 Å². The third kappa shape index (κ3) is 24.1. The molecular weight excluding hydrogens is 998 g/mol. The number of aromatic nitrogens is 7. The molecule has 0 atom stereocenters. The van der Waals surface area contributed by atoms with Crippen LogP contribution >= 0.6 is 0 Å². The van der Waals surface area contributed by atoms with Crippen molar-refractivity contribution in [1.82, 2.24) is 32.8 Å². The number of nitrogens with one attached hydrogen (secondary N) is 2. The lowest BCUT2D eigenvalue weighted by molar-refractivity contribution is -0.0000153. The van der Waals surface area contributed by atoms with E-state index >= 15 is 0 Å². The normalized spacial score (nSPS) is 9.59. The molecule has 0 aromatic carbocycles. The van der Waals surface area contributed by atoms with Crippen LogP contribution in [0.2, 0.25) is 0 Å². The van der Waals surface area contributed by atoms with Crippen molar-refractivity contribution in [2.24, 2.45) is 0 Å². The molecule has 7 heterocycles. The number of hydrogen-bond acceptors (Lipinski definition) is 7. The van der Waals surface area contributed by atoms with E-state index in [1.54, 1.807) is 90.0 Å². The van der Waals surface area contributed by atoms with Gasteiger partial charge < -0.3 is 56.8 Å². The van der Waals surface area contributed by atoms with Crippen LogP contribution in [-0.4, -0.2) is 32.8 Å². The van der Waals surface area contributed by atoms with E-state index in [9.17, 15) is 33.6 Å². The summed E-state index contributed by atoms with van der Waals surface area (Å²) in [6.07, 6.45) is 16.5. The van der Waals surface area contributed by atoms with Crippen LogP contribution in [0, 0.1) is 13.8 Å². The summed E-state index contributed by atoms with van der Waals surface area (Å²) < 4.78 is 8.61. The number of aromatic amines is 2. The highest BCUT2D eigenvalue weighted by atomic mass is 127. The molecule has 14 nitrogen and oxygen atoms in total. The molecule has 0 unspecified atom stereocenters. The highest BCUT2D eigenvalue weighted by Gasteiger charge is 2.03. The Bertz CT molecular complexity index is 2870. The average Bonchev–Trinajstić information content (AvgIpc) is 3.37. The summed E-state index contributed by atoms with van der Waals surface area (Å²) in [4.78, 5) is 81.3. The van der Waals surface area contributed by atoms with Gasteiger partial charge in [0.15, 0.2) is 0 Å². The van der Waals surface area contributed by atoms with Gasteiger partial charge in [-0.2, -0.15) is 0 Å². The largest absolute Gasteiger partial charge is 1.00 e. The molecule has 7 rings (SSSR count). The van der Waals surface area contributed by atoms with Crippen molar-refractivity contribution in [3.05, 3.63) is 240 Å². The quantitative estimate of drug-likeness (QED) is 0.192. The summed E-state index contributed by atoms with van der Waals surface area (Å²) in [6, 6.07) is 25.9. The predicted octanol–water partition coefficient (Wildman–Crippen LogP) is 4.96. The Morgan fingerprint density at radius 3 is 1.21 bits per heavy atom. The van der Waals surface area contributed by atoms with Crippen LogP contribution in [0.1, 0.15) is 95.7 Å². The van der Waals surface area contributed by atoms with Gasteiger partial charge in [0, 0.05) is 118 Å². The number of hydrogen-bond donors (Lipinski definition) is 2. The maximum Gasteiger partial charge on any atom is 0.253 e. The van der Waals surface area contributed by atoms with E-state index in [0.29, 0.717) is 0 Å². The lowest BCUT2D eigenvalue weighted by Crippen LogP contribution is -3.00. The van der Waals surface area contributed by atoms with Crippen LogP contribution in [0.4, 0.5) is 0 Å². The fourth-order valence-electron chi connectivity index (χ4n) is 6.15. The first kappa shape index (κ1) is 63.4. The van der Waals surface area contributed by atoms with E-state index < -0.39 is 0 Å². The third-order valence-electron chi connectivity index (χ3n) is 10.3. The second-order valence-corrected chi connectivity index (χ2v) is 15.3.